The third-order valence-corrected chi connectivity index (χ3v) is 4.79. The number of amides is 2. The predicted molar refractivity (Wildman–Crippen MR) is 113 cm³/mol. The first-order valence-corrected chi connectivity index (χ1v) is 9.77. The lowest BCUT2D eigenvalue weighted by Crippen LogP contribution is -2.35. The molecular formula is C23H19F4N3O3. The van der Waals surface area contributed by atoms with Crippen LogP contribution >= 0.6 is 0 Å². The summed E-state index contributed by atoms with van der Waals surface area (Å²) in [6.07, 6.45) is -3.70. The number of carbonyl (C=O) groups excluding carboxylic acids is 2. The van der Waals surface area contributed by atoms with E-state index in [9.17, 15) is 31.9 Å². The molecule has 0 bridgehead atoms. The molecule has 1 heterocycles. The molecule has 2 aromatic carbocycles. The number of pyridine rings is 1. The molecule has 3 rings (SSSR count). The van der Waals surface area contributed by atoms with E-state index in [4.69, 9.17) is 0 Å². The number of halogens is 4. The minimum absolute atomic E-state index is 0.283. The average molecular weight is 461 g/mol. The van der Waals surface area contributed by atoms with Crippen LogP contribution in [-0.4, -0.2) is 16.4 Å². The second kappa shape index (κ2) is 9.68. The molecule has 1 unspecified atom stereocenters. The van der Waals surface area contributed by atoms with Gasteiger partial charge in [0.1, 0.15) is 17.9 Å². The standard InChI is InChI=1S/C23H19F4N3O3/c1-14(28-20(31)13-30-12-2-3-19(22(30)33)23(25,26)27)15-6-10-18(11-7-15)29-21(32)16-4-8-17(24)9-5-16/h2-12,14H,13H2,1H3,(H,28,31)(H,29,32). The lowest BCUT2D eigenvalue weighted by molar-refractivity contribution is -0.139. The Morgan fingerprint density at radius 3 is 2.24 bits per heavy atom. The van der Waals surface area contributed by atoms with Crippen LogP contribution in [0.3, 0.4) is 0 Å². The largest absolute Gasteiger partial charge is 0.421 e. The second-order valence-electron chi connectivity index (χ2n) is 7.22. The van der Waals surface area contributed by atoms with Crippen LogP contribution in [0.4, 0.5) is 23.2 Å². The molecule has 3 aromatic rings. The highest BCUT2D eigenvalue weighted by molar-refractivity contribution is 6.04. The summed E-state index contributed by atoms with van der Waals surface area (Å²) in [5.74, 6) is -1.52. The third-order valence-electron chi connectivity index (χ3n) is 4.79. The number of carbonyl (C=O) groups is 2. The molecule has 172 valence electrons. The number of alkyl halides is 3. The Morgan fingerprint density at radius 1 is 1.00 bits per heavy atom. The number of aromatic nitrogens is 1. The van der Waals surface area contributed by atoms with Crippen LogP contribution in [0.25, 0.3) is 0 Å². The monoisotopic (exact) mass is 461 g/mol. The van der Waals surface area contributed by atoms with Crippen LogP contribution in [0, 0.1) is 5.82 Å². The van der Waals surface area contributed by atoms with Crippen molar-refractivity contribution in [1.29, 1.82) is 0 Å². The first-order valence-electron chi connectivity index (χ1n) is 9.77. The zero-order chi connectivity index (χ0) is 24.2. The Labute approximate surface area is 185 Å². The minimum Gasteiger partial charge on any atom is -0.348 e. The van der Waals surface area contributed by atoms with Gasteiger partial charge >= 0.3 is 6.18 Å². The second-order valence-corrected chi connectivity index (χ2v) is 7.22. The Bertz CT molecular complexity index is 1200. The van der Waals surface area contributed by atoms with E-state index in [0.29, 0.717) is 21.9 Å². The maximum absolute atomic E-state index is 13.0. The number of nitrogens with zero attached hydrogens (tertiary/aromatic N) is 1. The number of anilines is 1. The molecule has 10 heteroatoms. The Balaban J connectivity index is 1.61. The van der Waals surface area contributed by atoms with Gasteiger partial charge in [0.15, 0.2) is 0 Å². The fourth-order valence-corrected chi connectivity index (χ4v) is 3.06. The minimum atomic E-state index is -4.81. The van der Waals surface area contributed by atoms with Crippen molar-refractivity contribution in [3.05, 3.63) is 99.7 Å². The highest BCUT2D eigenvalue weighted by Crippen LogP contribution is 2.26. The van der Waals surface area contributed by atoms with Crippen molar-refractivity contribution >= 4 is 17.5 Å². The highest BCUT2D eigenvalue weighted by atomic mass is 19.4. The Hall–Kier alpha value is -3.95. The maximum atomic E-state index is 13.0. The molecule has 0 saturated carbocycles. The molecule has 0 aliphatic heterocycles. The molecule has 0 radical (unpaired) electrons. The first kappa shape index (κ1) is 23.7. The van der Waals surface area contributed by atoms with Crippen LogP contribution in [-0.2, 0) is 17.5 Å². The molecule has 0 spiro atoms. The summed E-state index contributed by atoms with van der Waals surface area (Å²) in [4.78, 5) is 36.4. The smallest absolute Gasteiger partial charge is 0.348 e. The van der Waals surface area contributed by atoms with Crippen molar-refractivity contribution in [3.63, 3.8) is 0 Å². The van der Waals surface area contributed by atoms with Crippen molar-refractivity contribution in [2.24, 2.45) is 0 Å². The summed E-state index contributed by atoms with van der Waals surface area (Å²) < 4.78 is 52.3. The van der Waals surface area contributed by atoms with E-state index >= 15 is 0 Å². The molecule has 2 N–H and O–H groups in total. The fraction of sp³-hybridized carbons (Fsp3) is 0.174. The van der Waals surface area contributed by atoms with E-state index in [1.165, 1.54) is 24.3 Å². The van der Waals surface area contributed by atoms with E-state index in [1.54, 1.807) is 31.2 Å². The van der Waals surface area contributed by atoms with E-state index in [-0.39, 0.29) is 5.56 Å². The summed E-state index contributed by atoms with van der Waals surface area (Å²) in [7, 11) is 0. The van der Waals surface area contributed by atoms with E-state index < -0.39 is 47.5 Å². The van der Waals surface area contributed by atoms with Crippen molar-refractivity contribution < 1.29 is 27.2 Å². The van der Waals surface area contributed by atoms with Gasteiger partial charge in [-0.1, -0.05) is 12.1 Å². The van der Waals surface area contributed by atoms with Crippen molar-refractivity contribution in [3.8, 4) is 0 Å². The van der Waals surface area contributed by atoms with Crippen molar-refractivity contribution in [1.82, 2.24) is 9.88 Å². The van der Waals surface area contributed by atoms with Crippen LogP contribution in [0.1, 0.15) is 34.5 Å². The summed E-state index contributed by atoms with van der Waals surface area (Å²) in [6.45, 7) is 1.10. The van der Waals surface area contributed by atoms with Crippen LogP contribution < -0.4 is 16.2 Å². The third kappa shape index (κ3) is 6.06. The summed E-state index contributed by atoms with van der Waals surface area (Å²) in [5.41, 5.74) is -1.22. The normalized spacial score (nSPS) is 12.2. The van der Waals surface area contributed by atoms with Gasteiger partial charge in [0.2, 0.25) is 5.91 Å². The van der Waals surface area contributed by atoms with Gasteiger partial charge in [-0.15, -0.1) is 0 Å². The number of nitrogens with one attached hydrogen (secondary N) is 2. The van der Waals surface area contributed by atoms with Gasteiger partial charge in [0.05, 0.1) is 6.04 Å². The Kier molecular flexibility index (Phi) is 6.95. The number of benzene rings is 2. The molecule has 0 fully saturated rings. The number of hydrogen-bond acceptors (Lipinski definition) is 3. The SMILES string of the molecule is CC(NC(=O)Cn1cccc(C(F)(F)F)c1=O)c1ccc(NC(=O)c2ccc(F)cc2)cc1. The fourth-order valence-electron chi connectivity index (χ4n) is 3.06. The maximum Gasteiger partial charge on any atom is 0.421 e. The first-order chi connectivity index (χ1) is 15.5. The van der Waals surface area contributed by atoms with Crippen LogP contribution in [0.5, 0.6) is 0 Å². The van der Waals surface area contributed by atoms with Gasteiger partial charge in [-0.3, -0.25) is 14.4 Å². The topological polar surface area (TPSA) is 80.2 Å². The molecule has 1 atom stereocenters. The lowest BCUT2D eigenvalue weighted by atomic mass is 10.1. The Morgan fingerprint density at radius 2 is 1.64 bits per heavy atom. The van der Waals surface area contributed by atoms with E-state index in [0.717, 1.165) is 12.3 Å². The number of hydrogen-bond donors (Lipinski definition) is 2. The van der Waals surface area contributed by atoms with Crippen LogP contribution in [0.15, 0.2) is 71.7 Å². The van der Waals surface area contributed by atoms with Gasteiger partial charge in [-0.05, 0) is 61.0 Å². The van der Waals surface area contributed by atoms with Gasteiger partial charge in [0.25, 0.3) is 11.5 Å². The average Bonchev–Trinajstić information content (AvgIpc) is 2.75. The lowest BCUT2D eigenvalue weighted by Gasteiger charge is -2.16. The molecule has 0 aliphatic carbocycles. The van der Waals surface area contributed by atoms with Crippen LogP contribution in [0.2, 0.25) is 0 Å². The molecule has 0 aliphatic rings. The van der Waals surface area contributed by atoms with E-state index in [2.05, 4.69) is 10.6 Å². The number of rotatable bonds is 6. The van der Waals surface area contributed by atoms with Gasteiger partial charge in [-0.2, -0.15) is 13.2 Å². The van der Waals surface area contributed by atoms with E-state index in [1.807, 2.05) is 0 Å². The molecule has 2 amide bonds. The summed E-state index contributed by atoms with van der Waals surface area (Å²) in [5, 5.41) is 5.28. The molecule has 0 saturated heterocycles. The summed E-state index contributed by atoms with van der Waals surface area (Å²) >= 11 is 0. The zero-order valence-corrected chi connectivity index (χ0v) is 17.3. The highest BCUT2D eigenvalue weighted by Gasteiger charge is 2.34. The van der Waals surface area contributed by atoms with Gasteiger partial charge in [-0.25, -0.2) is 4.39 Å². The van der Waals surface area contributed by atoms with Crippen molar-refractivity contribution in [2.75, 3.05) is 5.32 Å². The summed E-state index contributed by atoms with van der Waals surface area (Å²) in [6, 6.07) is 12.8. The molecular weight excluding hydrogens is 442 g/mol. The zero-order valence-electron chi connectivity index (χ0n) is 17.3. The van der Waals surface area contributed by atoms with Crippen molar-refractivity contribution in [2.45, 2.75) is 25.7 Å². The molecule has 33 heavy (non-hydrogen) atoms. The predicted octanol–water partition coefficient (Wildman–Crippen LogP) is 4.14. The molecule has 6 nitrogen and oxygen atoms in total. The van der Waals surface area contributed by atoms with Gasteiger partial charge in [0, 0.05) is 17.4 Å². The quantitative estimate of drug-likeness (QED) is 0.542. The van der Waals surface area contributed by atoms with Gasteiger partial charge < -0.3 is 15.2 Å². The molecule has 1 aromatic heterocycles.